The molecule has 0 aliphatic heterocycles. The molecule has 0 unspecified atom stereocenters. The van der Waals surface area contributed by atoms with Crippen LogP contribution in [0.1, 0.15) is 11.3 Å². The van der Waals surface area contributed by atoms with Gasteiger partial charge in [-0.2, -0.15) is 0 Å². The molecule has 0 N–H and O–H groups in total. The molecular formula is C16H16N2S. The summed E-state index contributed by atoms with van der Waals surface area (Å²) in [6.45, 7) is 0. The van der Waals surface area contributed by atoms with Gasteiger partial charge in [-0.15, -0.1) is 11.8 Å². The van der Waals surface area contributed by atoms with Crippen LogP contribution in [0.15, 0.2) is 59.9 Å². The van der Waals surface area contributed by atoms with Gasteiger partial charge in [0.25, 0.3) is 0 Å². The van der Waals surface area contributed by atoms with Crippen molar-refractivity contribution in [2.24, 2.45) is 0 Å². The number of fused-ring (bicyclic) bond motifs is 1. The maximum absolute atomic E-state index is 4.57. The number of rotatable bonds is 4. The molecule has 19 heavy (non-hydrogen) atoms. The molecule has 0 aliphatic rings. The van der Waals surface area contributed by atoms with Crippen LogP contribution in [-0.2, 0) is 12.8 Å². The Bertz CT molecular complexity index is 674. The Morgan fingerprint density at radius 2 is 1.89 bits per heavy atom. The van der Waals surface area contributed by atoms with Crippen molar-refractivity contribution in [1.29, 1.82) is 0 Å². The SMILES string of the molecule is CSc1ccn2ccnc(CCc3ccccc3)c12. The Hall–Kier alpha value is -1.74. The van der Waals surface area contributed by atoms with E-state index in [2.05, 4.69) is 58.2 Å². The van der Waals surface area contributed by atoms with E-state index in [1.165, 1.54) is 21.7 Å². The van der Waals surface area contributed by atoms with Crippen molar-refractivity contribution < 1.29 is 0 Å². The summed E-state index contributed by atoms with van der Waals surface area (Å²) in [5.74, 6) is 0. The number of nitrogens with zero attached hydrogens (tertiary/aromatic N) is 2. The fraction of sp³-hybridized carbons (Fsp3) is 0.188. The summed E-state index contributed by atoms with van der Waals surface area (Å²) in [5, 5.41) is 0. The van der Waals surface area contributed by atoms with E-state index < -0.39 is 0 Å². The number of thioether (sulfide) groups is 1. The summed E-state index contributed by atoms with van der Waals surface area (Å²) >= 11 is 1.78. The number of hydrogen-bond donors (Lipinski definition) is 0. The van der Waals surface area contributed by atoms with Crippen molar-refractivity contribution in [3.05, 3.63) is 66.2 Å². The first kappa shape index (κ1) is 12.3. The van der Waals surface area contributed by atoms with Crippen molar-refractivity contribution in [1.82, 2.24) is 9.38 Å². The molecule has 0 atom stereocenters. The van der Waals surface area contributed by atoms with E-state index in [1.54, 1.807) is 11.8 Å². The Kier molecular flexibility index (Phi) is 3.56. The molecule has 0 radical (unpaired) electrons. The third-order valence-corrected chi connectivity index (χ3v) is 4.09. The van der Waals surface area contributed by atoms with Crippen LogP contribution < -0.4 is 0 Å². The first-order chi connectivity index (χ1) is 9.38. The Labute approximate surface area is 117 Å². The largest absolute Gasteiger partial charge is 0.320 e. The normalized spacial score (nSPS) is 11.0. The summed E-state index contributed by atoms with van der Waals surface area (Å²) in [5.41, 5.74) is 3.80. The van der Waals surface area contributed by atoms with Crippen LogP contribution in [0.2, 0.25) is 0 Å². The molecule has 3 aromatic rings. The van der Waals surface area contributed by atoms with E-state index in [-0.39, 0.29) is 0 Å². The number of aromatic nitrogens is 2. The Morgan fingerprint density at radius 3 is 2.68 bits per heavy atom. The molecule has 2 aromatic heterocycles. The molecule has 3 heteroatoms. The fourth-order valence-corrected chi connectivity index (χ4v) is 2.97. The smallest absolute Gasteiger partial charge is 0.0804 e. The minimum absolute atomic E-state index is 0.978. The predicted octanol–water partition coefficient (Wildman–Crippen LogP) is 3.84. The minimum atomic E-state index is 0.978. The summed E-state index contributed by atoms with van der Waals surface area (Å²) < 4.78 is 2.17. The Balaban J connectivity index is 1.90. The fourth-order valence-electron chi connectivity index (χ4n) is 2.36. The van der Waals surface area contributed by atoms with Gasteiger partial charge in [-0.3, -0.25) is 4.98 Å². The van der Waals surface area contributed by atoms with Crippen LogP contribution in [0.3, 0.4) is 0 Å². The van der Waals surface area contributed by atoms with Gasteiger partial charge >= 0.3 is 0 Å². The highest BCUT2D eigenvalue weighted by Gasteiger charge is 2.08. The molecule has 96 valence electrons. The van der Waals surface area contributed by atoms with E-state index >= 15 is 0 Å². The molecule has 0 amide bonds. The maximum Gasteiger partial charge on any atom is 0.0804 e. The van der Waals surface area contributed by atoms with Crippen molar-refractivity contribution in [3.63, 3.8) is 0 Å². The van der Waals surface area contributed by atoms with Crippen molar-refractivity contribution in [2.45, 2.75) is 17.7 Å². The van der Waals surface area contributed by atoms with Crippen molar-refractivity contribution in [3.8, 4) is 0 Å². The van der Waals surface area contributed by atoms with Crippen LogP contribution in [0.5, 0.6) is 0 Å². The first-order valence-corrected chi connectivity index (χ1v) is 7.63. The molecule has 3 rings (SSSR count). The van der Waals surface area contributed by atoms with E-state index in [9.17, 15) is 0 Å². The van der Waals surface area contributed by atoms with Crippen LogP contribution in [-0.4, -0.2) is 15.6 Å². The minimum Gasteiger partial charge on any atom is -0.320 e. The van der Waals surface area contributed by atoms with Crippen molar-refractivity contribution >= 4 is 17.3 Å². The van der Waals surface area contributed by atoms with Crippen molar-refractivity contribution in [2.75, 3.05) is 6.26 Å². The lowest BCUT2D eigenvalue weighted by Gasteiger charge is -2.06. The van der Waals surface area contributed by atoms with Gasteiger partial charge in [-0.25, -0.2) is 0 Å². The summed E-state index contributed by atoms with van der Waals surface area (Å²) in [6, 6.07) is 12.7. The highest BCUT2D eigenvalue weighted by atomic mass is 32.2. The number of benzene rings is 1. The van der Waals surface area contributed by atoms with E-state index in [4.69, 9.17) is 0 Å². The predicted molar refractivity (Wildman–Crippen MR) is 80.8 cm³/mol. The molecular weight excluding hydrogens is 252 g/mol. The van der Waals surface area contributed by atoms with E-state index in [0.717, 1.165) is 12.8 Å². The second-order valence-corrected chi connectivity index (χ2v) is 5.35. The number of hydrogen-bond acceptors (Lipinski definition) is 2. The molecule has 1 aromatic carbocycles. The highest BCUT2D eigenvalue weighted by molar-refractivity contribution is 7.98. The lowest BCUT2D eigenvalue weighted by atomic mass is 10.1. The Morgan fingerprint density at radius 1 is 1.05 bits per heavy atom. The quantitative estimate of drug-likeness (QED) is 0.669. The van der Waals surface area contributed by atoms with Gasteiger partial charge in [-0.1, -0.05) is 30.3 Å². The van der Waals surface area contributed by atoms with E-state index in [0.29, 0.717) is 0 Å². The summed E-state index contributed by atoms with van der Waals surface area (Å²) in [7, 11) is 0. The lowest BCUT2D eigenvalue weighted by molar-refractivity contribution is 0.904. The molecule has 2 heterocycles. The summed E-state index contributed by atoms with van der Waals surface area (Å²) in [6.07, 6.45) is 10.1. The van der Waals surface area contributed by atoms with Gasteiger partial charge < -0.3 is 4.40 Å². The lowest BCUT2D eigenvalue weighted by Crippen LogP contribution is -1.98. The average molecular weight is 268 g/mol. The van der Waals surface area contributed by atoms with Crippen LogP contribution >= 0.6 is 11.8 Å². The zero-order valence-corrected chi connectivity index (χ0v) is 11.7. The molecule has 0 saturated carbocycles. The molecule has 0 fully saturated rings. The van der Waals surface area contributed by atoms with Gasteiger partial charge in [0, 0.05) is 23.5 Å². The van der Waals surface area contributed by atoms with Crippen LogP contribution in [0.25, 0.3) is 5.52 Å². The summed E-state index contributed by atoms with van der Waals surface area (Å²) in [4.78, 5) is 5.87. The second-order valence-electron chi connectivity index (χ2n) is 4.50. The second kappa shape index (κ2) is 5.49. The standard InChI is InChI=1S/C16H16N2S/c1-19-15-9-11-18-12-10-17-14(16(15)18)8-7-13-5-3-2-4-6-13/h2-6,9-12H,7-8H2,1H3. The molecule has 0 bridgehead atoms. The third kappa shape index (κ3) is 2.51. The average Bonchev–Trinajstić information content (AvgIpc) is 2.90. The zero-order valence-electron chi connectivity index (χ0n) is 10.9. The molecule has 0 saturated heterocycles. The van der Waals surface area contributed by atoms with Gasteiger partial charge in [0.2, 0.25) is 0 Å². The van der Waals surface area contributed by atoms with Gasteiger partial charge in [0.1, 0.15) is 0 Å². The molecule has 2 nitrogen and oxygen atoms in total. The van der Waals surface area contributed by atoms with Gasteiger partial charge in [0.15, 0.2) is 0 Å². The van der Waals surface area contributed by atoms with Gasteiger partial charge in [-0.05, 0) is 30.7 Å². The molecule has 0 aliphatic carbocycles. The zero-order chi connectivity index (χ0) is 13.1. The van der Waals surface area contributed by atoms with Crippen LogP contribution in [0, 0.1) is 0 Å². The molecule has 0 spiro atoms. The first-order valence-electron chi connectivity index (χ1n) is 6.41. The van der Waals surface area contributed by atoms with Gasteiger partial charge in [0.05, 0.1) is 11.2 Å². The maximum atomic E-state index is 4.57. The third-order valence-electron chi connectivity index (χ3n) is 3.32. The topological polar surface area (TPSA) is 17.3 Å². The van der Waals surface area contributed by atoms with Crippen LogP contribution in [0.4, 0.5) is 0 Å². The highest BCUT2D eigenvalue weighted by Crippen LogP contribution is 2.25. The van der Waals surface area contributed by atoms with E-state index in [1.807, 2.05) is 12.4 Å². The number of aryl methyl sites for hydroxylation is 2. The monoisotopic (exact) mass is 268 g/mol.